The van der Waals surface area contributed by atoms with Crippen molar-refractivity contribution >= 4 is 22.8 Å². The lowest BCUT2D eigenvalue weighted by Gasteiger charge is -2.40. The van der Waals surface area contributed by atoms with Crippen molar-refractivity contribution in [2.75, 3.05) is 11.9 Å². The lowest BCUT2D eigenvalue weighted by molar-refractivity contribution is -0.137. The quantitative estimate of drug-likeness (QED) is 0.646. The summed E-state index contributed by atoms with van der Waals surface area (Å²) in [5.74, 6) is -0.335. The van der Waals surface area contributed by atoms with Gasteiger partial charge in [0.2, 0.25) is 0 Å². The topological polar surface area (TPSA) is 108 Å². The van der Waals surface area contributed by atoms with E-state index < -0.39 is 34.9 Å². The molecule has 0 saturated carbocycles. The van der Waals surface area contributed by atoms with Crippen LogP contribution < -0.4 is 4.90 Å². The van der Waals surface area contributed by atoms with Crippen LogP contribution in [-0.2, 0) is 23.0 Å². The highest BCUT2D eigenvalue weighted by molar-refractivity contribution is 7.78. The summed E-state index contributed by atoms with van der Waals surface area (Å²) in [5.41, 5.74) is 0.105. The van der Waals surface area contributed by atoms with Crippen LogP contribution in [0.4, 0.5) is 23.7 Å². The molecule has 2 atom stereocenters. The number of hydrogen-bond donors (Lipinski definition) is 1. The van der Waals surface area contributed by atoms with E-state index in [0.717, 1.165) is 17.0 Å². The van der Waals surface area contributed by atoms with Crippen molar-refractivity contribution in [2.45, 2.75) is 24.9 Å². The van der Waals surface area contributed by atoms with Crippen molar-refractivity contribution in [3.63, 3.8) is 0 Å². The Morgan fingerprint density at radius 2 is 1.85 bits per heavy atom. The van der Waals surface area contributed by atoms with E-state index in [4.69, 9.17) is 0 Å². The Kier molecular flexibility index (Phi) is 6.58. The third-order valence-electron chi connectivity index (χ3n) is 5.28. The summed E-state index contributed by atoms with van der Waals surface area (Å²) in [4.78, 5) is 15.5. The van der Waals surface area contributed by atoms with E-state index in [1.807, 2.05) is 12.1 Å². The molecule has 11 heteroatoms. The molecule has 1 N–H and O–H groups in total. The lowest BCUT2D eigenvalue weighted by atomic mass is 9.90. The number of allylic oxidation sites excluding steroid dienone is 1. The first-order valence-corrected chi connectivity index (χ1v) is 10.7. The standard InChI is InChI=1S/C22H17F3N4O3S/c1-13-19(11-27)20(18-7-6-14(10-26)8-15(18)12-33(31)32)28(2)21(30)29(13)17-5-3-4-16(9-17)22(23,24)25/h3-9,20H,12H2,1-2H3,(H,31,32)/t20-/m0/s1. The number of benzene rings is 2. The van der Waals surface area contributed by atoms with Crippen LogP contribution in [0.1, 0.15) is 35.2 Å². The van der Waals surface area contributed by atoms with Crippen LogP contribution in [-0.4, -0.2) is 26.7 Å². The predicted molar refractivity (Wildman–Crippen MR) is 114 cm³/mol. The fourth-order valence-electron chi connectivity index (χ4n) is 3.76. The van der Waals surface area contributed by atoms with Gasteiger partial charge in [-0.25, -0.2) is 9.00 Å². The molecule has 0 aromatic heterocycles. The van der Waals surface area contributed by atoms with Crippen molar-refractivity contribution in [1.29, 1.82) is 10.5 Å². The van der Waals surface area contributed by atoms with Gasteiger partial charge in [-0.05, 0) is 48.4 Å². The monoisotopic (exact) mass is 474 g/mol. The minimum absolute atomic E-state index is 0.0538. The molecule has 170 valence electrons. The molecule has 0 fully saturated rings. The first-order valence-electron chi connectivity index (χ1n) is 9.45. The fourth-order valence-corrected chi connectivity index (χ4v) is 4.27. The van der Waals surface area contributed by atoms with E-state index in [-0.39, 0.29) is 28.3 Å². The van der Waals surface area contributed by atoms with Gasteiger partial charge < -0.3 is 9.45 Å². The number of carbonyl (C=O) groups is 1. The molecule has 1 aliphatic heterocycles. The second-order valence-electron chi connectivity index (χ2n) is 7.28. The van der Waals surface area contributed by atoms with Gasteiger partial charge in [0.25, 0.3) is 0 Å². The summed E-state index contributed by atoms with van der Waals surface area (Å²) in [6.07, 6.45) is -4.61. The zero-order chi connectivity index (χ0) is 24.5. The number of hydrogen-bond acceptors (Lipinski definition) is 4. The molecule has 0 saturated heterocycles. The maximum Gasteiger partial charge on any atom is 0.416 e. The average Bonchev–Trinajstić information content (AvgIpc) is 2.75. The van der Waals surface area contributed by atoms with Gasteiger partial charge in [-0.15, -0.1) is 0 Å². The number of alkyl halides is 3. The normalized spacial score (nSPS) is 17.6. The SMILES string of the molecule is CC1=C(C#N)[C@H](c2ccc(C#N)cc2CS(=O)O)N(C)C(=O)N1c1cccc(C(F)(F)F)c1. The third kappa shape index (κ3) is 4.60. The lowest BCUT2D eigenvalue weighted by Crippen LogP contribution is -2.47. The molecule has 0 aliphatic carbocycles. The molecule has 2 amide bonds. The van der Waals surface area contributed by atoms with Gasteiger partial charge in [-0.3, -0.25) is 4.90 Å². The Hall–Kier alpha value is -3.67. The molecule has 0 spiro atoms. The van der Waals surface area contributed by atoms with Crippen molar-refractivity contribution in [3.8, 4) is 12.1 Å². The van der Waals surface area contributed by atoms with Gasteiger partial charge in [-0.1, -0.05) is 12.1 Å². The molecule has 3 rings (SSSR count). The van der Waals surface area contributed by atoms with Crippen LogP contribution in [0.5, 0.6) is 0 Å². The van der Waals surface area contributed by atoms with E-state index in [0.29, 0.717) is 11.1 Å². The highest BCUT2D eigenvalue weighted by Crippen LogP contribution is 2.40. The van der Waals surface area contributed by atoms with Gasteiger partial charge in [0, 0.05) is 12.7 Å². The summed E-state index contributed by atoms with van der Waals surface area (Å²) < 4.78 is 60.5. The molecule has 2 aromatic rings. The van der Waals surface area contributed by atoms with E-state index >= 15 is 0 Å². The summed E-state index contributed by atoms with van der Waals surface area (Å²) in [6.45, 7) is 1.45. The minimum atomic E-state index is -4.61. The first-order chi connectivity index (χ1) is 15.5. The number of carbonyl (C=O) groups excluding carboxylic acids is 1. The third-order valence-corrected chi connectivity index (χ3v) is 5.83. The zero-order valence-electron chi connectivity index (χ0n) is 17.4. The Morgan fingerprint density at radius 3 is 2.42 bits per heavy atom. The van der Waals surface area contributed by atoms with Crippen molar-refractivity contribution in [2.24, 2.45) is 0 Å². The highest BCUT2D eigenvalue weighted by Gasteiger charge is 2.39. The molecule has 1 unspecified atom stereocenters. The number of likely N-dealkylation sites (N-methyl/N-ethyl adjacent to an activating group) is 1. The Morgan fingerprint density at radius 1 is 1.15 bits per heavy atom. The zero-order valence-corrected chi connectivity index (χ0v) is 18.2. The van der Waals surface area contributed by atoms with Gasteiger partial charge >= 0.3 is 12.2 Å². The molecular formula is C22H17F3N4O3S. The summed E-state index contributed by atoms with van der Waals surface area (Å²) in [6, 6.07) is 10.9. The fraction of sp³-hybridized carbons (Fsp3) is 0.227. The number of halogens is 3. The molecule has 1 aliphatic rings. The molecule has 0 radical (unpaired) electrons. The Balaban J connectivity index is 2.19. The number of nitrogens with zero attached hydrogens (tertiary/aromatic N) is 4. The molecular weight excluding hydrogens is 457 g/mol. The highest BCUT2D eigenvalue weighted by atomic mass is 32.2. The predicted octanol–water partition coefficient (Wildman–Crippen LogP) is 4.71. The van der Waals surface area contributed by atoms with Crippen molar-refractivity contribution in [3.05, 3.63) is 76.0 Å². The van der Waals surface area contributed by atoms with Crippen LogP contribution in [0.3, 0.4) is 0 Å². The average molecular weight is 474 g/mol. The van der Waals surface area contributed by atoms with Crippen LogP contribution in [0, 0.1) is 22.7 Å². The molecule has 0 bridgehead atoms. The Bertz CT molecular complexity index is 1260. The molecule has 1 heterocycles. The summed E-state index contributed by atoms with van der Waals surface area (Å²) in [5, 5.41) is 19.1. The van der Waals surface area contributed by atoms with E-state index in [1.54, 1.807) is 0 Å². The molecule has 7 nitrogen and oxygen atoms in total. The number of nitriles is 2. The maximum absolute atomic E-state index is 13.3. The molecule has 2 aromatic carbocycles. The van der Waals surface area contributed by atoms with Crippen molar-refractivity contribution in [1.82, 2.24) is 4.90 Å². The number of anilines is 1. The summed E-state index contributed by atoms with van der Waals surface area (Å²) in [7, 11) is 1.38. The second-order valence-corrected chi connectivity index (χ2v) is 8.21. The number of urea groups is 1. The second kappa shape index (κ2) is 9.06. The van der Waals surface area contributed by atoms with E-state index in [9.17, 15) is 37.3 Å². The van der Waals surface area contributed by atoms with Gasteiger partial charge in [-0.2, -0.15) is 23.7 Å². The van der Waals surface area contributed by atoms with Crippen LogP contribution in [0.15, 0.2) is 53.7 Å². The van der Waals surface area contributed by atoms with E-state index in [1.165, 1.54) is 49.2 Å². The maximum atomic E-state index is 13.3. The molecule has 33 heavy (non-hydrogen) atoms. The largest absolute Gasteiger partial charge is 0.416 e. The minimum Gasteiger partial charge on any atom is -0.315 e. The van der Waals surface area contributed by atoms with Crippen LogP contribution >= 0.6 is 0 Å². The van der Waals surface area contributed by atoms with Crippen molar-refractivity contribution < 1.29 is 26.7 Å². The summed E-state index contributed by atoms with van der Waals surface area (Å²) >= 11 is -2.26. The first kappa shape index (κ1) is 24.0. The van der Waals surface area contributed by atoms with Crippen LogP contribution in [0.25, 0.3) is 0 Å². The van der Waals surface area contributed by atoms with Gasteiger partial charge in [0.15, 0.2) is 11.1 Å². The Labute approximate surface area is 190 Å². The van der Waals surface area contributed by atoms with Crippen LogP contribution in [0.2, 0.25) is 0 Å². The van der Waals surface area contributed by atoms with Gasteiger partial charge in [0.1, 0.15) is 0 Å². The van der Waals surface area contributed by atoms with Gasteiger partial charge in [0.05, 0.1) is 46.3 Å². The smallest absolute Gasteiger partial charge is 0.315 e. The van der Waals surface area contributed by atoms with E-state index in [2.05, 4.69) is 0 Å². The number of amides is 2. The number of rotatable bonds is 4.